The van der Waals surface area contributed by atoms with Gasteiger partial charge in [-0.25, -0.2) is 9.78 Å². The van der Waals surface area contributed by atoms with Gasteiger partial charge in [-0.2, -0.15) is 4.39 Å². The summed E-state index contributed by atoms with van der Waals surface area (Å²) in [6.07, 6.45) is 1.07. The molecule has 0 radical (unpaired) electrons. The molecule has 2 heterocycles. The molecule has 2 rings (SSSR count). The first-order valence-electron chi connectivity index (χ1n) is 6.11. The number of nitrogens with one attached hydrogen (secondary N) is 1. The molecule has 0 spiro atoms. The Morgan fingerprint density at radius 3 is 3.05 bits per heavy atom. The predicted molar refractivity (Wildman–Crippen MR) is 69.5 cm³/mol. The standard InChI is InChI=1S/C12H17FN4O2/c1-7-4-8(16-12(18)19)6-17(5-7)9-2-3-15-11(13)10(9)14/h2-3,7-8,16H,4-6,14H2,1H3,(H,18,19)/t7-,8+/m1/s1. The molecule has 1 fully saturated rings. The zero-order valence-corrected chi connectivity index (χ0v) is 10.6. The molecule has 4 N–H and O–H groups in total. The number of nitrogen functional groups attached to an aromatic ring is 1. The number of nitrogens with two attached hydrogens (primary N) is 1. The average Bonchev–Trinajstić information content (AvgIpc) is 2.31. The number of piperidine rings is 1. The lowest BCUT2D eigenvalue weighted by Gasteiger charge is -2.38. The molecule has 1 amide bonds. The molecule has 0 aliphatic carbocycles. The molecule has 0 saturated carbocycles. The number of amides is 1. The Morgan fingerprint density at radius 2 is 2.37 bits per heavy atom. The number of halogens is 1. The van der Waals surface area contributed by atoms with Crippen LogP contribution in [0, 0.1) is 11.9 Å². The van der Waals surface area contributed by atoms with Crippen LogP contribution in [-0.2, 0) is 0 Å². The molecule has 19 heavy (non-hydrogen) atoms. The average molecular weight is 268 g/mol. The summed E-state index contributed by atoms with van der Waals surface area (Å²) in [5.41, 5.74) is 6.26. The summed E-state index contributed by atoms with van der Waals surface area (Å²) in [6, 6.07) is 1.46. The number of anilines is 2. The van der Waals surface area contributed by atoms with E-state index >= 15 is 0 Å². The maximum Gasteiger partial charge on any atom is 0.404 e. The Hall–Kier alpha value is -2.05. The summed E-state index contributed by atoms with van der Waals surface area (Å²) in [6.45, 7) is 3.21. The van der Waals surface area contributed by atoms with E-state index in [4.69, 9.17) is 10.8 Å². The lowest BCUT2D eigenvalue weighted by atomic mass is 9.95. The number of nitrogens with zero attached hydrogens (tertiary/aromatic N) is 2. The first-order chi connectivity index (χ1) is 8.97. The molecular weight excluding hydrogens is 251 g/mol. The van der Waals surface area contributed by atoms with Crippen molar-refractivity contribution in [1.82, 2.24) is 10.3 Å². The number of rotatable bonds is 2. The Bertz CT molecular complexity index is 483. The van der Waals surface area contributed by atoms with E-state index in [0.29, 0.717) is 24.7 Å². The molecule has 0 unspecified atom stereocenters. The van der Waals surface area contributed by atoms with Crippen molar-refractivity contribution in [1.29, 1.82) is 0 Å². The van der Waals surface area contributed by atoms with Crippen LogP contribution in [0.25, 0.3) is 0 Å². The normalized spacial score (nSPS) is 23.2. The van der Waals surface area contributed by atoms with E-state index in [0.717, 1.165) is 6.42 Å². The van der Waals surface area contributed by atoms with Gasteiger partial charge in [0.2, 0.25) is 5.95 Å². The maximum absolute atomic E-state index is 13.4. The molecule has 0 bridgehead atoms. The van der Waals surface area contributed by atoms with E-state index in [1.165, 1.54) is 6.20 Å². The highest BCUT2D eigenvalue weighted by Gasteiger charge is 2.27. The van der Waals surface area contributed by atoms with Crippen LogP contribution in [0.4, 0.5) is 20.6 Å². The third-order valence-corrected chi connectivity index (χ3v) is 3.25. The minimum absolute atomic E-state index is 0.00525. The highest BCUT2D eigenvalue weighted by Crippen LogP contribution is 2.28. The highest BCUT2D eigenvalue weighted by atomic mass is 19.1. The van der Waals surface area contributed by atoms with Crippen molar-refractivity contribution in [3.8, 4) is 0 Å². The molecule has 1 aliphatic heterocycles. The van der Waals surface area contributed by atoms with Gasteiger partial charge in [-0.05, 0) is 18.4 Å². The summed E-state index contributed by atoms with van der Waals surface area (Å²) in [4.78, 5) is 16.1. The topological polar surface area (TPSA) is 91.5 Å². The predicted octanol–water partition coefficient (Wildman–Crippen LogP) is 1.29. The quantitative estimate of drug-likeness (QED) is 0.703. The van der Waals surface area contributed by atoms with E-state index in [2.05, 4.69) is 10.3 Å². The molecule has 6 nitrogen and oxygen atoms in total. The smallest absolute Gasteiger partial charge is 0.404 e. The van der Waals surface area contributed by atoms with Gasteiger partial charge in [-0.1, -0.05) is 6.92 Å². The molecule has 1 aromatic rings. The van der Waals surface area contributed by atoms with Crippen LogP contribution in [0.5, 0.6) is 0 Å². The molecule has 2 atom stereocenters. The van der Waals surface area contributed by atoms with Gasteiger partial charge in [0.1, 0.15) is 5.69 Å². The Balaban J connectivity index is 2.19. The minimum Gasteiger partial charge on any atom is -0.465 e. The third-order valence-electron chi connectivity index (χ3n) is 3.25. The number of carbonyl (C=O) groups is 1. The highest BCUT2D eigenvalue weighted by molar-refractivity contribution is 5.68. The van der Waals surface area contributed by atoms with Crippen LogP contribution in [0.1, 0.15) is 13.3 Å². The van der Waals surface area contributed by atoms with Crippen LogP contribution in [0.15, 0.2) is 12.3 Å². The fourth-order valence-corrected chi connectivity index (χ4v) is 2.54. The van der Waals surface area contributed by atoms with Gasteiger partial charge in [0.05, 0.1) is 5.69 Å². The van der Waals surface area contributed by atoms with Crippen molar-refractivity contribution in [2.75, 3.05) is 23.7 Å². The summed E-state index contributed by atoms with van der Waals surface area (Å²) < 4.78 is 13.4. The van der Waals surface area contributed by atoms with Crippen LogP contribution < -0.4 is 16.0 Å². The summed E-state index contributed by atoms with van der Waals surface area (Å²) in [7, 11) is 0. The fraction of sp³-hybridized carbons (Fsp3) is 0.500. The zero-order chi connectivity index (χ0) is 14.0. The number of hydrogen-bond acceptors (Lipinski definition) is 4. The summed E-state index contributed by atoms with van der Waals surface area (Å²) >= 11 is 0. The molecule has 0 aromatic carbocycles. The van der Waals surface area contributed by atoms with Crippen LogP contribution in [0.3, 0.4) is 0 Å². The zero-order valence-electron chi connectivity index (χ0n) is 10.6. The van der Waals surface area contributed by atoms with Crippen molar-refractivity contribution in [2.45, 2.75) is 19.4 Å². The minimum atomic E-state index is -1.05. The Kier molecular flexibility index (Phi) is 3.73. The second kappa shape index (κ2) is 5.29. The van der Waals surface area contributed by atoms with Crippen LogP contribution in [-0.4, -0.2) is 35.3 Å². The molecule has 1 aliphatic rings. The van der Waals surface area contributed by atoms with E-state index in [-0.39, 0.29) is 11.7 Å². The fourth-order valence-electron chi connectivity index (χ4n) is 2.54. The second-order valence-electron chi connectivity index (χ2n) is 4.93. The third kappa shape index (κ3) is 3.04. The van der Waals surface area contributed by atoms with Crippen molar-refractivity contribution in [2.24, 2.45) is 5.92 Å². The molecule has 7 heteroatoms. The van der Waals surface area contributed by atoms with Gasteiger partial charge in [0, 0.05) is 25.3 Å². The largest absolute Gasteiger partial charge is 0.465 e. The van der Waals surface area contributed by atoms with Gasteiger partial charge in [-0.3, -0.25) is 0 Å². The lowest BCUT2D eigenvalue weighted by molar-refractivity contribution is 0.186. The number of hydrogen-bond donors (Lipinski definition) is 3. The maximum atomic E-state index is 13.4. The number of aromatic nitrogens is 1. The van der Waals surface area contributed by atoms with Gasteiger partial charge < -0.3 is 21.1 Å². The first kappa shape index (κ1) is 13.4. The lowest BCUT2D eigenvalue weighted by Crippen LogP contribution is -2.50. The van der Waals surface area contributed by atoms with Crippen molar-refractivity contribution in [3.63, 3.8) is 0 Å². The van der Waals surface area contributed by atoms with Crippen molar-refractivity contribution in [3.05, 3.63) is 18.2 Å². The van der Waals surface area contributed by atoms with E-state index in [9.17, 15) is 9.18 Å². The molecule has 1 aromatic heterocycles. The first-order valence-corrected chi connectivity index (χ1v) is 6.11. The van der Waals surface area contributed by atoms with Crippen molar-refractivity contribution >= 4 is 17.5 Å². The van der Waals surface area contributed by atoms with Crippen LogP contribution >= 0.6 is 0 Å². The van der Waals surface area contributed by atoms with E-state index in [1.54, 1.807) is 6.07 Å². The molecule has 1 saturated heterocycles. The van der Waals surface area contributed by atoms with Gasteiger partial charge in [-0.15, -0.1) is 0 Å². The van der Waals surface area contributed by atoms with E-state index < -0.39 is 12.0 Å². The SMILES string of the molecule is C[C@@H]1C[C@H](NC(=O)O)CN(c2ccnc(F)c2N)C1. The molecular formula is C12H17FN4O2. The monoisotopic (exact) mass is 268 g/mol. The second-order valence-corrected chi connectivity index (χ2v) is 4.93. The van der Waals surface area contributed by atoms with Gasteiger partial charge in [0.25, 0.3) is 0 Å². The summed E-state index contributed by atoms with van der Waals surface area (Å²) in [5, 5.41) is 11.3. The van der Waals surface area contributed by atoms with Crippen molar-refractivity contribution < 1.29 is 14.3 Å². The number of carboxylic acid groups (broad SMARTS) is 1. The van der Waals surface area contributed by atoms with E-state index in [1.807, 2.05) is 11.8 Å². The van der Waals surface area contributed by atoms with Gasteiger partial charge >= 0.3 is 6.09 Å². The molecule has 104 valence electrons. The number of pyridine rings is 1. The Labute approximate surface area is 110 Å². The van der Waals surface area contributed by atoms with Crippen LogP contribution in [0.2, 0.25) is 0 Å². The Morgan fingerprint density at radius 1 is 1.63 bits per heavy atom. The van der Waals surface area contributed by atoms with Gasteiger partial charge in [0.15, 0.2) is 0 Å². The summed E-state index contributed by atoms with van der Waals surface area (Å²) in [5.74, 6) is -0.403.